The molecular weight excluding hydrogens is 432 g/mol. The fourth-order valence-electron chi connectivity index (χ4n) is 3.61. The molecule has 7 nitrogen and oxygen atoms in total. The first-order valence-corrected chi connectivity index (χ1v) is 10.4. The first kappa shape index (κ1) is 24.1. The average Bonchev–Trinajstić information content (AvgIpc) is 2.92. The van der Waals surface area contributed by atoms with Crippen LogP contribution in [0.15, 0.2) is 60.7 Å². The van der Waals surface area contributed by atoms with E-state index in [0.717, 1.165) is 17.7 Å². The normalized spacial score (nSPS) is 20.0. The maximum Gasteiger partial charge on any atom is 0.254 e. The largest absolute Gasteiger partial charge is 0.378 e. The minimum Gasteiger partial charge on any atom is -0.378 e. The molecule has 1 aliphatic heterocycles. The van der Waals surface area contributed by atoms with Gasteiger partial charge in [0.2, 0.25) is 11.8 Å². The van der Waals surface area contributed by atoms with Gasteiger partial charge in [-0.05, 0) is 30.2 Å². The molecule has 9 heteroatoms. The van der Waals surface area contributed by atoms with E-state index < -0.39 is 47.6 Å². The van der Waals surface area contributed by atoms with Crippen LogP contribution in [0.3, 0.4) is 0 Å². The quantitative estimate of drug-likeness (QED) is 0.576. The van der Waals surface area contributed by atoms with E-state index in [1.807, 2.05) is 42.5 Å². The third-order valence-corrected chi connectivity index (χ3v) is 5.41. The zero-order chi connectivity index (χ0) is 24.1. The maximum absolute atomic E-state index is 13.4. The molecule has 0 fully saturated rings. The van der Waals surface area contributed by atoms with Crippen LogP contribution in [0, 0.1) is 11.6 Å². The second-order valence-electron chi connectivity index (χ2n) is 7.91. The SMILES string of the molecule is C[C@H](NC(=O)[C@@H](O)c1cc(F)cc(F)c1)C(=O)N[C@@H]1C(=O)N(C)CC=C[C@H]1c1ccccc1. The third kappa shape index (κ3) is 5.81. The van der Waals surface area contributed by atoms with E-state index in [2.05, 4.69) is 10.6 Å². The number of aliphatic hydroxyl groups is 1. The molecule has 3 amide bonds. The Morgan fingerprint density at radius 3 is 2.36 bits per heavy atom. The van der Waals surface area contributed by atoms with Crippen molar-refractivity contribution in [2.24, 2.45) is 0 Å². The molecule has 0 aromatic heterocycles. The summed E-state index contributed by atoms with van der Waals surface area (Å²) in [6.45, 7) is 1.77. The van der Waals surface area contributed by atoms with Gasteiger partial charge in [-0.2, -0.15) is 0 Å². The molecule has 0 spiro atoms. The standard InChI is InChI=1S/C24H25F2N3O4/c1-14(27-23(32)21(30)16-11-17(25)13-18(26)12-16)22(31)28-20-19(15-7-4-3-5-8-15)9-6-10-29(2)24(20)33/h3-9,11-14,19-21,30H,10H2,1-2H3,(H,27,32)(H,28,31)/t14-,19-,20-,21-/m0/s1. The smallest absolute Gasteiger partial charge is 0.254 e. The van der Waals surface area contributed by atoms with Crippen LogP contribution in [0.5, 0.6) is 0 Å². The molecule has 1 aliphatic rings. The van der Waals surface area contributed by atoms with E-state index in [9.17, 15) is 28.3 Å². The number of halogens is 2. The molecule has 0 radical (unpaired) electrons. The summed E-state index contributed by atoms with van der Waals surface area (Å²) >= 11 is 0. The number of amides is 3. The number of nitrogens with zero attached hydrogens (tertiary/aromatic N) is 1. The fraction of sp³-hybridized carbons (Fsp3) is 0.292. The van der Waals surface area contributed by atoms with E-state index in [-0.39, 0.29) is 11.5 Å². The number of rotatable bonds is 6. The van der Waals surface area contributed by atoms with Gasteiger partial charge in [-0.25, -0.2) is 8.78 Å². The highest BCUT2D eigenvalue weighted by Crippen LogP contribution is 2.25. The maximum atomic E-state index is 13.4. The molecule has 3 N–H and O–H groups in total. The van der Waals surface area contributed by atoms with Crippen LogP contribution in [-0.4, -0.2) is 53.4 Å². The molecular formula is C24H25F2N3O4. The lowest BCUT2D eigenvalue weighted by molar-refractivity contribution is -0.137. The Kier molecular flexibility index (Phi) is 7.55. The Morgan fingerprint density at radius 1 is 1.09 bits per heavy atom. The lowest BCUT2D eigenvalue weighted by Crippen LogP contribution is -2.54. The van der Waals surface area contributed by atoms with Crippen molar-refractivity contribution in [3.63, 3.8) is 0 Å². The van der Waals surface area contributed by atoms with Crippen molar-refractivity contribution < 1.29 is 28.3 Å². The predicted molar refractivity (Wildman–Crippen MR) is 117 cm³/mol. The predicted octanol–water partition coefficient (Wildman–Crippen LogP) is 1.80. The summed E-state index contributed by atoms with van der Waals surface area (Å²) in [6.07, 6.45) is 1.82. The van der Waals surface area contributed by atoms with Crippen LogP contribution >= 0.6 is 0 Å². The van der Waals surface area contributed by atoms with Crippen molar-refractivity contribution in [2.75, 3.05) is 13.6 Å². The van der Waals surface area contributed by atoms with Crippen molar-refractivity contribution >= 4 is 17.7 Å². The van der Waals surface area contributed by atoms with Crippen molar-refractivity contribution in [1.82, 2.24) is 15.5 Å². The van der Waals surface area contributed by atoms with Crippen molar-refractivity contribution in [3.8, 4) is 0 Å². The molecule has 4 atom stereocenters. The fourth-order valence-corrected chi connectivity index (χ4v) is 3.61. The number of benzene rings is 2. The molecule has 0 bridgehead atoms. The van der Waals surface area contributed by atoms with Gasteiger partial charge in [0.05, 0.1) is 0 Å². The Hall–Kier alpha value is -3.59. The van der Waals surface area contributed by atoms with Crippen LogP contribution < -0.4 is 10.6 Å². The van der Waals surface area contributed by atoms with Crippen LogP contribution in [0.1, 0.15) is 30.1 Å². The van der Waals surface area contributed by atoms with E-state index >= 15 is 0 Å². The Labute approximate surface area is 190 Å². The molecule has 0 aliphatic carbocycles. The highest BCUT2D eigenvalue weighted by atomic mass is 19.1. The molecule has 2 aromatic carbocycles. The number of hydrogen-bond acceptors (Lipinski definition) is 4. The molecule has 0 saturated heterocycles. The Morgan fingerprint density at radius 2 is 1.73 bits per heavy atom. The molecule has 2 aromatic rings. The average molecular weight is 457 g/mol. The third-order valence-electron chi connectivity index (χ3n) is 5.41. The Bertz CT molecular complexity index is 1040. The summed E-state index contributed by atoms with van der Waals surface area (Å²) in [4.78, 5) is 39.6. The van der Waals surface area contributed by atoms with Crippen molar-refractivity contribution in [1.29, 1.82) is 0 Å². The van der Waals surface area contributed by atoms with E-state index in [0.29, 0.717) is 12.6 Å². The first-order valence-electron chi connectivity index (χ1n) is 10.4. The summed E-state index contributed by atoms with van der Waals surface area (Å²) < 4.78 is 26.8. The number of carbonyl (C=O) groups excluding carboxylic acids is 3. The van der Waals surface area contributed by atoms with Gasteiger partial charge in [-0.3, -0.25) is 14.4 Å². The van der Waals surface area contributed by atoms with Gasteiger partial charge in [0.1, 0.15) is 23.7 Å². The van der Waals surface area contributed by atoms with Gasteiger partial charge in [-0.1, -0.05) is 42.5 Å². The highest BCUT2D eigenvalue weighted by Gasteiger charge is 2.34. The molecule has 0 saturated carbocycles. The summed E-state index contributed by atoms with van der Waals surface area (Å²) in [7, 11) is 1.62. The number of likely N-dealkylation sites (N-methyl/N-ethyl adjacent to an activating group) is 1. The number of nitrogens with one attached hydrogen (secondary N) is 2. The second-order valence-corrected chi connectivity index (χ2v) is 7.91. The summed E-state index contributed by atoms with van der Waals surface area (Å²) in [5.41, 5.74) is 0.551. The molecule has 174 valence electrons. The Balaban J connectivity index is 1.72. The van der Waals surface area contributed by atoms with Gasteiger partial charge in [-0.15, -0.1) is 0 Å². The van der Waals surface area contributed by atoms with Crippen LogP contribution in [0.25, 0.3) is 0 Å². The lowest BCUT2D eigenvalue weighted by atomic mass is 9.90. The van der Waals surface area contributed by atoms with Gasteiger partial charge < -0.3 is 20.6 Å². The summed E-state index contributed by atoms with van der Waals surface area (Å²) in [5.74, 6) is -4.26. The minimum atomic E-state index is -1.88. The highest BCUT2D eigenvalue weighted by molar-refractivity contribution is 5.93. The minimum absolute atomic E-state index is 0.285. The summed E-state index contributed by atoms with van der Waals surface area (Å²) in [5, 5.41) is 15.2. The molecule has 33 heavy (non-hydrogen) atoms. The second kappa shape index (κ2) is 10.4. The van der Waals surface area contributed by atoms with Crippen LogP contribution in [0.4, 0.5) is 8.78 Å². The van der Waals surface area contributed by atoms with E-state index in [1.54, 1.807) is 7.05 Å². The van der Waals surface area contributed by atoms with Gasteiger partial charge in [0, 0.05) is 25.6 Å². The van der Waals surface area contributed by atoms with Gasteiger partial charge in [0.25, 0.3) is 5.91 Å². The zero-order valence-corrected chi connectivity index (χ0v) is 18.2. The molecule has 3 rings (SSSR count). The van der Waals surface area contributed by atoms with Gasteiger partial charge in [0.15, 0.2) is 6.10 Å². The zero-order valence-electron chi connectivity index (χ0n) is 18.2. The summed E-state index contributed by atoms with van der Waals surface area (Å²) in [6, 6.07) is 9.45. The number of carbonyl (C=O) groups is 3. The van der Waals surface area contributed by atoms with E-state index in [4.69, 9.17) is 0 Å². The van der Waals surface area contributed by atoms with Crippen molar-refractivity contribution in [3.05, 3.63) is 83.4 Å². The van der Waals surface area contributed by atoms with Crippen LogP contribution in [-0.2, 0) is 14.4 Å². The topological polar surface area (TPSA) is 98.7 Å². The first-order chi connectivity index (χ1) is 15.7. The van der Waals surface area contributed by atoms with Crippen LogP contribution in [0.2, 0.25) is 0 Å². The monoisotopic (exact) mass is 457 g/mol. The molecule has 0 unspecified atom stereocenters. The lowest BCUT2D eigenvalue weighted by Gasteiger charge is -2.28. The van der Waals surface area contributed by atoms with Crippen molar-refractivity contribution in [2.45, 2.75) is 31.0 Å². The van der Waals surface area contributed by atoms with Gasteiger partial charge >= 0.3 is 0 Å². The number of hydrogen-bond donors (Lipinski definition) is 3. The number of aliphatic hydroxyl groups excluding tert-OH is 1. The van der Waals surface area contributed by atoms with E-state index in [1.165, 1.54) is 11.8 Å². The molecule has 1 heterocycles.